The van der Waals surface area contributed by atoms with E-state index in [9.17, 15) is 8.78 Å². The van der Waals surface area contributed by atoms with E-state index in [1.807, 2.05) is 13.8 Å². The first kappa shape index (κ1) is 12.2. The van der Waals surface area contributed by atoms with Gasteiger partial charge < -0.3 is 9.47 Å². The van der Waals surface area contributed by atoms with Gasteiger partial charge in [-0.05, 0) is 6.92 Å². The maximum atomic E-state index is 12.3. The zero-order valence-corrected chi connectivity index (χ0v) is 8.65. The summed E-state index contributed by atoms with van der Waals surface area (Å²) in [4.78, 5) is 0. The Hall–Kier alpha value is -0.800. The fourth-order valence-electron chi connectivity index (χ4n) is 0.974. The van der Waals surface area contributed by atoms with Crippen molar-refractivity contribution in [3.8, 4) is 0 Å². The van der Waals surface area contributed by atoms with E-state index in [0.717, 1.165) is 0 Å². The van der Waals surface area contributed by atoms with Gasteiger partial charge in [-0.2, -0.15) is 0 Å². The average Bonchev–Trinajstić information content (AvgIpc) is 2.29. The van der Waals surface area contributed by atoms with E-state index in [1.165, 1.54) is 6.92 Å². The van der Waals surface area contributed by atoms with Crippen molar-refractivity contribution in [2.45, 2.75) is 40.9 Å². The lowest BCUT2D eigenvalue weighted by Crippen LogP contribution is -2.17. The molecule has 0 radical (unpaired) electrons. The lowest BCUT2D eigenvalue weighted by atomic mass is 10.1. The highest BCUT2D eigenvalue weighted by atomic mass is 19.3. The number of hydrogen-bond acceptors (Lipinski definition) is 2. The first-order chi connectivity index (χ1) is 5.92. The Morgan fingerprint density at radius 3 is 1.77 bits per heavy atom. The Bertz CT molecular complexity index is 198. The van der Waals surface area contributed by atoms with Crippen LogP contribution >= 0.6 is 0 Å². The Balaban J connectivity index is 0.000000671. The number of halogens is 2. The second kappa shape index (κ2) is 4.44. The van der Waals surface area contributed by atoms with E-state index in [0.29, 0.717) is 0 Å². The zero-order valence-electron chi connectivity index (χ0n) is 8.65. The van der Waals surface area contributed by atoms with Crippen molar-refractivity contribution in [3.63, 3.8) is 0 Å². The van der Waals surface area contributed by atoms with Gasteiger partial charge in [0, 0.05) is 5.92 Å². The van der Waals surface area contributed by atoms with Gasteiger partial charge in [0.1, 0.15) is 11.5 Å². The summed E-state index contributed by atoms with van der Waals surface area (Å²) in [5, 5.41) is 0. The largest absolute Gasteiger partial charge is 0.585 e. The zero-order chi connectivity index (χ0) is 10.6. The Morgan fingerprint density at radius 1 is 1.15 bits per heavy atom. The standard InChI is InChI=1S/C7H10F2O2.C2H6/c1-4(2)6-5(3)10-7(8,9)11-6;1-2/h4H,1-3H3;1-2H3. The molecule has 0 aromatic rings. The highest BCUT2D eigenvalue weighted by Crippen LogP contribution is 2.36. The van der Waals surface area contributed by atoms with Crippen molar-refractivity contribution in [3.05, 3.63) is 11.5 Å². The molecule has 0 spiro atoms. The molecular weight excluding hydrogens is 178 g/mol. The normalized spacial score (nSPS) is 19.1. The molecule has 0 aromatic heterocycles. The monoisotopic (exact) mass is 194 g/mol. The van der Waals surface area contributed by atoms with Gasteiger partial charge >= 0.3 is 6.29 Å². The third-order valence-corrected chi connectivity index (χ3v) is 1.37. The van der Waals surface area contributed by atoms with Gasteiger partial charge in [0.05, 0.1) is 0 Å². The van der Waals surface area contributed by atoms with Crippen LogP contribution in [-0.2, 0) is 9.47 Å². The SMILES string of the molecule is CC.CC1=C(C(C)C)OC(F)(F)O1. The summed E-state index contributed by atoms with van der Waals surface area (Å²) in [5.41, 5.74) is 0. The van der Waals surface area contributed by atoms with Crippen molar-refractivity contribution in [2.75, 3.05) is 0 Å². The topological polar surface area (TPSA) is 18.5 Å². The molecule has 1 rings (SSSR count). The number of allylic oxidation sites excluding steroid dienone is 2. The molecule has 0 fully saturated rings. The fourth-order valence-corrected chi connectivity index (χ4v) is 0.974. The molecule has 13 heavy (non-hydrogen) atoms. The summed E-state index contributed by atoms with van der Waals surface area (Å²) in [5.74, 6) is 0.336. The minimum absolute atomic E-state index is 0.0663. The summed E-state index contributed by atoms with van der Waals surface area (Å²) in [6.45, 7) is 9.00. The predicted octanol–water partition coefficient (Wildman–Crippen LogP) is 3.50. The maximum absolute atomic E-state index is 12.3. The average molecular weight is 194 g/mol. The highest BCUT2D eigenvalue weighted by molar-refractivity contribution is 5.05. The molecule has 78 valence electrons. The van der Waals surface area contributed by atoms with Gasteiger partial charge in [0.2, 0.25) is 0 Å². The molecular formula is C9H16F2O2. The fraction of sp³-hybridized carbons (Fsp3) is 0.778. The molecule has 2 nitrogen and oxygen atoms in total. The molecule has 1 heterocycles. The van der Waals surface area contributed by atoms with Gasteiger partial charge in [-0.1, -0.05) is 27.7 Å². The van der Waals surface area contributed by atoms with E-state index >= 15 is 0 Å². The number of alkyl halides is 2. The van der Waals surface area contributed by atoms with E-state index in [2.05, 4.69) is 9.47 Å². The molecule has 0 amide bonds. The third kappa shape index (κ3) is 3.20. The van der Waals surface area contributed by atoms with E-state index in [-0.39, 0.29) is 17.4 Å². The van der Waals surface area contributed by atoms with Crippen molar-refractivity contribution in [1.29, 1.82) is 0 Å². The van der Waals surface area contributed by atoms with Crippen LogP contribution in [0.25, 0.3) is 0 Å². The minimum atomic E-state index is -3.45. The van der Waals surface area contributed by atoms with E-state index in [1.54, 1.807) is 13.8 Å². The predicted molar refractivity (Wildman–Crippen MR) is 46.0 cm³/mol. The van der Waals surface area contributed by atoms with Crippen LogP contribution in [0.5, 0.6) is 0 Å². The lowest BCUT2D eigenvalue weighted by molar-refractivity contribution is -0.338. The Kier molecular flexibility index (Phi) is 4.17. The quantitative estimate of drug-likeness (QED) is 0.636. The molecule has 0 saturated heterocycles. The van der Waals surface area contributed by atoms with Gasteiger partial charge in [0.25, 0.3) is 0 Å². The van der Waals surface area contributed by atoms with Crippen LogP contribution < -0.4 is 0 Å². The van der Waals surface area contributed by atoms with Gasteiger partial charge in [-0.15, -0.1) is 8.78 Å². The molecule has 0 bridgehead atoms. The summed E-state index contributed by atoms with van der Waals surface area (Å²) in [6.07, 6.45) is -3.45. The smallest absolute Gasteiger partial charge is 0.401 e. The third-order valence-electron chi connectivity index (χ3n) is 1.37. The molecule has 1 aliphatic rings. The summed E-state index contributed by atoms with van der Waals surface area (Å²) >= 11 is 0. The summed E-state index contributed by atoms with van der Waals surface area (Å²) < 4.78 is 33.0. The Labute approximate surface area is 77.5 Å². The van der Waals surface area contributed by atoms with Crippen LogP contribution in [0.15, 0.2) is 11.5 Å². The van der Waals surface area contributed by atoms with Crippen molar-refractivity contribution >= 4 is 0 Å². The van der Waals surface area contributed by atoms with Crippen LogP contribution in [0, 0.1) is 5.92 Å². The first-order valence-electron chi connectivity index (χ1n) is 4.39. The van der Waals surface area contributed by atoms with Gasteiger partial charge in [0.15, 0.2) is 0 Å². The molecule has 0 aliphatic carbocycles. The van der Waals surface area contributed by atoms with Gasteiger partial charge in [-0.25, -0.2) is 0 Å². The highest BCUT2D eigenvalue weighted by Gasteiger charge is 2.43. The first-order valence-corrected chi connectivity index (χ1v) is 4.39. The van der Waals surface area contributed by atoms with Crippen molar-refractivity contribution in [2.24, 2.45) is 5.92 Å². The van der Waals surface area contributed by atoms with E-state index in [4.69, 9.17) is 0 Å². The molecule has 1 aliphatic heterocycles. The van der Waals surface area contributed by atoms with Gasteiger partial charge in [-0.3, -0.25) is 0 Å². The van der Waals surface area contributed by atoms with E-state index < -0.39 is 6.29 Å². The molecule has 0 aromatic carbocycles. The maximum Gasteiger partial charge on any atom is 0.585 e. The Morgan fingerprint density at radius 2 is 1.62 bits per heavy atom. The second-order valence-electron chi connectivity index (χ2n) is 2.74. The van der Waals surface area contributed by atoms with Crippen LogP contribution in [0.3, 0.4) is 0 Å². The molecule has 4 heteroatoms. The van der Waals surface area contributed by atoms with Crippen molar-refractivity contribution in [1.82, 2.24) is 0 Å². The van der Waals surface area contributed by atoms with Crippen LogP contribution in [0.4, 0.5) is 8.78 Å². The molecule has 0 atom stereocenters. The summed E-state index contributed by atoms with van der Waals surface area (Å²) in [6, 6.07) is 0. The molecule has 0 unspecified atom stereocenters. The van der Waals surface area contributed by atoms with Crippen LogP contribution in [-0.4, -0.2) is 6.29 Å². The number of ether oxygens (including phenoxy) is 2. The number of rotatable bonds is 1. The molecule has 0 saturated carbocycles. The lowest BCUT2D eigenvalue weighted by Gasteiger charge is -2.09. The molecule has 0 N–H and O–H groups in total. The minimum Gasteiger partial charge on any atom is -0.401 e. The van der Waals surface area contributed by atoms with Crippen molar-refractivity contribution < 1.29 is 18.3 Å². The second-order valence-corrected chi connectivity index (χ2v) is 2.74. The van der Waals surface area contributed by atoms with Crippen LogP contribution in [0.1, 0.15) is 34.6 Å². The van der Waals surface area contributed by atoms with Crippen LogP contribution in [0.2, 0.25) is 0 Å². The summed E-state index contributed by atoms with van der Waals surface area (Å²) in [7, 11) is 0. The number of hydrogen-bond donors (Lipinski definition) is 0.